The van der Waals surface area contributed by atoms with Gasteiger partial charge in [-0.25, -0.2) is 0 Å². The van der Waals surface area contributed by atoms with E-state index >= 15 is 0 Å². The number of hydrogen-bond donors (Lipinski definition) is 3. The summed E-state index contributed by atoms with van der Waals surface area (Å²) >= 11 is 0. The van der Waals surface area contributed by atoms with E-state index in [1.54, 1.807) is 0 Å². The van der Waals surface area contributed by atoms with Gasteiger partial charge in [-0.05, 0) is 32.1 Å². The van der Waals surface area contributed by atoms with Crippen molar-refractivity contribution in [2.75, 3.05) is 13.1 Å². The molecule has 1 saturated carbocycles. The third-order valence-corrected chi connectivity index (χ3v) is 5.41. The van der Waals surface area contributed by atoms with E-state index in [0.29, 0.717) is 30.7 Å². The van der Waals surface area contributed by atoms with Crippen LogP contribution in [0, 0.1) is 5.21 Å². The lowest BCUT2D eigenvalue weighted by atomic mass is 9.78. The summed E-state index contributed by atoms with van der Waals surface area (Å²) in [6.45, 7) is 3.90. The second kappa shape index (κ2) is 4.70. The molecule has 0 amide bonds. The lowest BCUT2D eigenvalue weighted by Crippen LogP contribution is -3.21. The Balaban J connectivity index is 1.98. The first-order valence-corrected chi connectivity index (χ1v) is 7.65. The summed E-state index contributed by atoms with van der Waals surface area (Å²) in [5, 5.41) is 36.1. The predicted octanol–water partition coefficient (Wildman–Crippen LogP) is -0.128. The van der Waals surface area contributed by atoms with Gasteiger partial charge in [0.1, 0.15) is 6.42 Å². The standard InChI is InChI=1S/C14H23N3O3/c1-13(16-8-3-2-4-9-16)10-14(18)11(15-19)6-5-7-12(14)17(13)20/h18-19H,2-10H2,1H3/p+1/b15-11-/t13-,14-/m1/s1. The van der Waals surface area contributed by atoms with Gasteiger partial charge in [0.05, 0.1) is 25.7 Å². The first-order chi connectivity index (χ1) is 9.52. The van der Waals surface area contributed by atoms with E-state index in [1.807, 2.05) is 6.92 Å². The van der Waals surface area contributed by atoms with Gasteiger partial charge in [0.25, 0.3) is 5.66 Å². The summed E-state index contributed by atoms with van der Waals surface area (Å²) in [5.74, 6) is 0. The third-order valence-electron chi connectivity index (χ3n) is 5.41. The minimum Gasteiger partial charge on any atom is -0.619 e. The normalized spacial score (nSPS) is 41.2. The number of likely N-dealkylation sites (tertiary alicyclic amines) is 1. The smallest absolute Gasteiger partial charge is 0.297 e. The molecule has 0 spiro atoms. The van der Waals surface area contributed by atoms with Crippen LogP contribution in [0.5, 0.6) is 0 Å². The molecule has 3 aliphatic rings. The maximum absolute atomic E-state index is 12.8. The lowest BCUT2D eigenvalue weighted by molar-refractivity contribution is -1.04. The van der Waals surface area contributed by atoms with Crippen LogP contribution in [0.4, 0.5) is 0 Å². The molecule has 0 radical (unpaired) electrons. The molecule has 2 atom stereocenters. The predicted molar refractivity (Wildman–Crippen MR) is 74.2 cm³/mol. The van der Waals surface area contributed by atoms with E-state index < -0.39 is 11.3 Å². The summed E-state index contributed by atoms with van der Waals surface area (Å²) in [7, 11) is 0. The molecule has 3 rings (SSSR count). The van der Waals surface area contributed by atoms with Crippen LogP contribution >= 0.6 is 0 Å². The topological polar surface area (TPSA) is 83.3 Å². The van der Waals surface area contributed by atoms with Gasteiger partial charge in [-0.3, -0.25) is 4.90 Å². The van der Waals surface area contributed by atoms with Crippen molar-refractivity contribution in [1.29, 1.82) is 0 Å². The number of aliphatic hydroxyl groups is 1. The molecule has 112 valence electrons. The second-order valence-electron chi connectivity index (χ2n) is 6.62. The highest BCUT2D eigenvalue weighted by molar-refractivity contribution is 6.15. The van der Waals surface area contributed by atoms with Gasteiger partial charge in [0.15, 0.2) is 5.60 Å². The van der Waals surface area contributed by atoms with Crippen molar-refractivity contribution in [2.24, 2.45) is 5.16 Å². The number of fused-ring (bicyclic) bond motifs is 1. The summed E-state index contributed by atoms with van der Waals surface area (Å²) in [6.07, 6.45) is 5.76. The summed E-state index contributed by atoms with van der Waals surface area (Å²) in [4.78, 5) is 1.26. The summed E-state index contributed by atoms with van der Waals surface area (Å²) in [6, 6.07) is 0. The Morgan fingerprint density at radius 3 is 2.55 bits per heavy atom. The molecule has 0 aromatic carbocycles. The molecule has 20 heavy (non-hydrogen) atoms. The molecule has 0 unspecified atom stereocenters. The molecule has 1 saturated heterocycles. The molecule has 6 nitrogen and oxygen atoms in total. The molecule has 6 heteroatoms. The van der Waals surface area contributed by atoms with Crippen molar-refractivity contribution >= 4 is 11.4 Å². The molecular weight excluding hydrogens is 258 g/mol. The van der Waals surface area contributed by atoms with E-state index in [0.717, 1.165) is 37.1 Å². The van der Waals surface area contributed by atoms with Crippen LogP contribution in [0.15, 0.2) is 5.16 Å². The zero-order chi connectivity index (χ0) is 14.4. The zero-order valence-electron chi connectivity index (χ0n) is 12.1. The molecule has 1 aliphatic carbocycles. The number of hydroxylamine groups is 1. The Bertz CT molecular complexity index is 470. The third kappa shape index (κ3) is 1.78. The summed E-state index contributed by atoms with van der Waals surface area (Å²) < 4.78 is 1.04. The van der Waals surface area contributed by atoms with Crippen molar-refractivity contribution < 1.29 is 20.0 Å². The fraction of sp³-hybridized carbons (Fsp3) is 0.857. The van der Waals surface area contributed by atoms with E-state index in [9.17, 15) is 10.3 Å². The Kier molecular flexibility index (Phi) is 3.25. The Hall–Kier alpha value is -1.14. The van der Waals surface area contributed by atoms with Gasteiger partial charge in [-0.2, -0.15) is 4.74 Å². The molecule has 0 aromatic heterocycles. The molecule has 0 bridgehead atoms. The molecule has 3 N–H and O–H groups in total. The van der Waals surface area contributed by atoms with E-state index in [4.69, 9.17) is 5.21 Å². The quantitative estimate of drug-likeness (QED) is 0.271. The van der Waals surface area contributed by atoms with Crippen molar-refractivity contribution in [2.45, 2.75) is 63.1 Å². The fourth-order valence-electron chi connectivity index (χ4n) is 4.26. The second-order valence-corrected chi connectivity index (χ2v) is 6.62. The van der Waals surface area contributed by atoms with Crippen LogP contribution in [-0.4, -0.2) is 50.8 Å². The van der Waals surface area contributed by atoms with Crippen molar-refractivity contribution in [3.63, 3.8) is 0 Å². The Morgan fingerprint density at radius 1 is 1.20 bits per heavy atom. The molecule has 2 fully saturated rings. The van der Waals surface area contributed by atoms with Gasteiger partial charge in [-0.1, -0.05) is 5.16 Å². The van der Waals surface area contributed by atoms with Gasteiger partial charge in [0, 0.05) is 6.42 Å². The maximum atomic E-state index is 12.8. The van der Waals surface area contributed by atoms with E-state index in [1.165, 1.54) is 11.3 Å². The fourth-order valence-corrected chi connectivity index (χ4v) is 4.26. The van der Waals surface area contributed by atoms with Crippen molar-refractivity contribution in [1.82, 2.24) is 0 Å². The van der Waals surface area contributed by atoms with E-state index in [-0.39, 0.29) is 0 Å². The first-order valence-electron chi connectivity index (χ1n) is 7.65. The summed E-state index contributed by atoms with van der Waals surface area (Å²) in [5.41, 5.74) is -1.10. The van der Waals surface area contributed by atoms with Gasteiger partial charge >= 0.3 is 0 Å². The van der Waals surface area contributed by atoms with Gasteiger partial charge in [-0.15, -0.1) is 0 Å². The Morgan fingerprint density at radius 2 is 1.90 bits per heavy atom. The van der Waals surface area contributed by atoms with Gasteiger partial charge < -0.3 is 15.5 Å². The van der Waals surface area contributed by atoms with Crippen LogP contribution in [0.3, 0.4) is 0 Å². The minimum atomic E-state index is -1.33. The zero-order valence-corrected chi connectivity index (χ0v) is 12.1. The first kappa shape index (κ1) is 13.8. The number of quaternary nitrogens is 1. The average molecular weight is 282 g/mol. The largest absolute Gasteiger partial charge is 0.619 e. The van der Waals surface area contributed by atoms with Crippen LogP contribution in [0.1, 0.15) is 51.9 Å². The average Bonchev–Trinajstić information content (AvgIpc) is 2.68. The monoisotopic (exact) mass is 282 g/mol. The van der Waals surface area contributed by atoms with Crippen LogP contribution in [-0.2, 0) is 0 Å². The van der Waals surface area contributed by atoms with Crippen molar-refractivity contribution in [3.05, 3.63) is 5.21 Å². The highest BCUT2D eigenvalue weighted by atomic mass is 16.5. The number of piperidine rings is 1. The SMILES string of the molecule is C[C@]1([NH+]2CCCCC2)C[C@]2(O)C(=[N+]1[O-])CCC/C2=N/O. The minimum absolute atomic E-state index is 0.341. The lowest BCUT2D eigenvalue weighted by Gasteiger charge is -2.35. The van der Waals surface area contributed by atoms with Crippen LogP contribution in [0.2, 0.25) is 0 Å². The Labute approximate surface area is 119 Å². The van der Waals surface area contributed by atoms with Crippen LogP contribution in [0.25, 0.3) is 0 Å². The number of oxime groups is 1. The number of rotatable bonds is 1. The van der Waals surface area contributed by atoms with Crippen LogP contribution < -0.4 is 4.90 Å². The molecular formula is C14H24N3O3+. The molecule has 2 aliphatic heterocycles. The molecule has 0 aromatic rings. The maximum Gasteiger partial charge on any atom is 0.297 e. The number of nitrogens with one attached hydrogen (secondary N) is 1. The highest BCUT2D eigenvalue weighted by Crippen LogP contribution is 2.36. The van der Waals surface area contributed by atoms with Crippen molar-refractivity contribution in [3.8, 4) is 0 Å². The molecule has 2 heterocycles. The highest BCUT2D eigenvalue weighted by Gasteiger charge is 2.64. The number of nitrogens with zero attached hydrogens (tertiary/aromatic N) is 2. The van der Waals surface area contributed by atoms with E-state index in [2.05, 4.69) is 5.16 Å². The van der Waals surface area contributed by atoms with Gasteiger partial charge in [0.2, 0.25) is 5.71 Å². The number of hydrogen-bond acceptors (Lipinski definition) is 4.